The van der Waals surface area contributed by atoms with E-state index in [0.717, 1.165) is 5.56 Å². The monoisotopic (exact) mass is 341 g/mol. The van der Waals surface area contributed by atoms with Crippen LogP contribution in [0.1, 0.15) is 15.9 Å². The molecule has 1 amide bonds. The molecule has 1 fully saturated rings. The van der Waals surface area contributed by atoms with E-state index < -0.39 is 12.1 Å². The van der Waals surface area contributed by atoms with Gasteiger partial charge < -0.3 is 19.5 Å². The molecule has 130 valence electrons. The number of morpholine rings is 1. The molecular weight excluding hydrogens is 322 g/mol. The van der Waals surface area contributed by atoms with Gasteiger partial charge in [-0.2, -0.15) is 0 Å². The average Bonchev–Trinajstić information content (AvgIpc) is 2.62. The Kier molecular flexibility index (Phi) is 5.00. The van der Waals surface area contributed by atoms with Crippen molar-refractivity contribution in [3.63, 3.8) is 0 Å². The molecule has 0 saturated carbocycles. The van der Waals surface area contributed by atoms with Gasteiger partial charge >= 0.3 is 5.97 Å². The van der Waals surface area contributed by atoms with Gasteiger partial charge in [-0.3, -0.25) is 4.79 Å². The summed E-state index contributed by atoms with van der Waals surface area (Å²) >= 11 is 0. The van der Waals surface area contributed by atoms with Crippen LogP contribution in [0.2, 0.25) is 0 Å². The molecule has 1 aliphatic heterocycles. The maximum atomic E-state index is 12.8. The minimum absolute atomic E-state index is 0.0208. The number of hydrogen-bond acceptors (Lipinski definition) is 4. The first-order valence-corrected chi connectivity index (χ1v) is 8.02. The Balaban J connectivity index is 1.82. The maximum Gasteiger partial charge on any atom is 0.334 e. The first kappa shape index (κ1) is 17.0. The molecular formula is C19H19NO5. The van der Waals surface area contributed by atoms with Crippen molar-refractivity contribution in [3.05, 3.63) is 59.7 Å². The zero-order valence-electron chi connectivity index (χ0n) is 13.8. The second kappa shape index (κ2) is 7.36. The lowest BCUT2D eigenvalue weighted by atomic mass is 10.1. The van der Waals surface area contributed by atoms with Gasteiger partial charge in [0, 0.05) is 6.54 Å². The standard InChI is InChI=1S/C19H19NO5/c1-13-5-4-6-14(11-13)25-16-8-3-2-7-15(16)18(21)20-9-10-24-17(12-20)19(22)23/h2-8,11,17H,9-10,12H2,1H3,(H,22,23). The van der Waals surface area contributed by atoms with Gasteiger partial charge in [-0.15, -0.1) is 0 Å². The van der Waals surface area contributed by atoms with Gasteiger partial charge in [0.05, 0.1) is 18.7 Å². The van der Waals surface area contributed by atoms with E-state index in [1.54, 1.807) is 24.3 Å². The minimum atomic E-state index is -1.07. The number of carboxylic acid groups (broad SMARTS) is 1. The second-order valence-corrected chi connectivity index (χ2v) is 5.86. The molecule has 1 saturated heterocycles. The summed E-state index contributed by atoms with van der Waals surface area (Å²) in [6, 6.07) is 14.5. The predicted octanol–water partition coefficient (Wildman–Crippen LogP) is 2.71. The van der Waals surface area contributed by atoms with Gasteiger partial charge in [0.1, 0.15) is 11.5 Å². The van der Waals surface area contributed by atoms with Gasteiger partial charge in [0.2, 0.25) is 0 Å². The highest BCUT2D eigenvalue weighted by Gasteiger charge is 2.30. The molecule has 0 radical (unpaired) electrons. The van der Waals surface area contributed by atoms with E-state index in [4.69, 9.17) is 14.6 Å². The second-order valence-electron chi connectivity index (χ2n) is 5.86. The Morgan fingerprint density at radius 1 is 1.20 bits per heavy atom. The van der Waals surface area contributed by atoms with Crippen LogP contribution >= 0.6 is 0 Å². The summed E-state index contributed by atoms with van der Waals surface area (Å²) in [5.74, 6) is -0.248. The Morgan fingerprint density at radius 2 is 2.00 bits per heavy atom. The SMILES string of the molecule is Cc1cccc(Oc2ccccc2C(=O)N2CCOC(C(=O)O)C2)c1. The highest BCUT2D eigenvalue weighted by atomic mass is 16.5. The number of benzene rings is 2. The number of para-hydroxylation sites is 1. The van der Waals surface area contributed by atoms with Gasteiger partial charge in [-0.1, -0.05) is 24.3 Å². The summed E-state index contributed by atoms with van der Waals surface area (Å²) in [5, 5.41) is 9.10. The zero-order valence-corrected chi connectivity index (χ0v) is 13.8. The van der Waals surface area contributed by atoms with Gasteiger partial charge in [-0.25, -0.2) is 4.79 Å². The van der Waals surface area contributed by atoms with Gasteiger partial charge in [0.25, 0.3) is 5.91 Å². The lowest BCUT2D eigenvalue weighted by Crippen LogP contribution is -2.48. The van der Waals surface area contributed by atoms with Crippen molar-refractivity contribution < 1.29 is 24.2 Å². The van der Waals surface area contributed by atoms with Crippen molar-refractivity contribution in [2.75, 3.05) is 19.7 Å². The zero-order chi connectivity index (χ0) is 17.8. The molecule has 0 aliphatic carbocycles. The summed E-state index contributed by atoms with van der Waals surface area (Å²) in [6.45, 7) is 2.53. The molecule has 0 spiro atoms. The third-order valence-electron chi connectivity index (χ3n) is 3.96. The fourth-order valence-electron chi connectivity index (χ4n) is 2.69. The summed E-state index contributed by atoms with van der Waals surface area (Å²) in [6.07, 6.45) is -0.998. The fourth-order valence-corrected chi connectivity index (χ4v) is 2.69. The molecule has 0 aromatic heterocycles. The number of nitrogens with zero attached hydrogens (tertiary/aromatic N) is 1. The maximum absolute atomic E-state index is 12.8. The topological polar surface area (TPSA) is 76.1 Å². The number of carboxylic acids is 1. The smallest absolute Gasteiger partial charge is 0.334 e. The van der Waals surface area contributed by atoms with Crippen LogP contribution in [0.5, 0.6) is 11.5 Å². The van der Waals surface area contributed by atoms with Crippen LogP contribution < -0.4 is 4.74 Å². The third-order valence-corrected chi connectivity index (χ3v) is 3.96. The summed E-state index contributed by atoms with van der Waals surface area (Å²) in [7, 11) is 0. The van der Waals surface area contributed by atoms with Gasteiger partial charge in [-0.05, 0) is 36.8 Å². The van der Waals surface area contributed by atoms with Crippen molar-refractivity contribution in [3.8, 4) is 11.5 Å². The van der Waals surface area contributed by atoms with Crippen LogP contribution in [0.25, 0.3) is 0 Å². The first-order valence-electron chi connectivity index (χ1n) is 8.02. The van der Waals surface area contributed by atoms with E-state index in [1.807, 2.05) is 31.2 Å². The predicted molar refractivity (Wildman–Crippen MR) is 91.0 cm³/mol. The summed E-state index contributed by atoms with van der Waals surface area (Å²) in [5.41, 5.74) is 1.45. The molecule has 2 aromatic carbocycles. The average molecular weight is 341 g/mol. The Bertz CT molecular complexity index is 789. The molecule has 6 heteroatoms. The number of hydrogen-bond donors (Lipinski definition) is 1. The van der Waals surface area contributed by atoms with E-state index in [2.05, 4.69) is 0 Å². The number of amides is 1. The summed E-state index contributed by atoms with van der Waals surface area (Å²) < 4.78 is 11.1. The van der Waals surface area contributed by atoms with Crippen LogP contribution in [-0.2, 0) is 9.53 Å². The first-order chi connectivity index (χ1) is 12.0. The number of aliphatic carboxylic acids is 1. The number of carbonyl (C=O) groups excluding carboxylic acids is 1. The van der Waals surface area contributed by atoms with E-state index in [-0.39, 0.29) is 19.1 Å². The molecule has 1 heterocycles. The van der Waals surface area contributed by atoms with Crippen molar-refractivity contribution in [2.45, 2.75) is 13.0 Å². The Hall–Kier alpha value is -2.86. The van der Waals surface area contributed by atoms with E-state index in [0.29, 0.717) is 23.6 Å². The molecule has 1 unspecified atom stereocenters. The molecule has 25 heavy (non-hydrogen) atoms. The molecule has 1 aliphatic rings. The number of ether oxygens (including phenoxy) is 2. The number of aryl methyl sites for hydroxylation is 1. The van der Waals surface area contributed by atoms with Crippen LogP contribution in [0.15, 0.2) is 48.5 Å². The van der Waals surface area contributed by atoms with Crippen molar-refractivity contribution in [1.82, 2.24) is 4.90 Å². The summed E-state index contributed by atoms with van der Waals surface area (Å²) in [4.78, 5) is 25.4. The Labute approximate surface area is 145 Å². The third kappa shape index (κ3) is 3.97. The Morgan fingerprint density at radius 3 is 2.76 bits per heavy atom. The lowest BCUT2D eigenvalue weighted by molar-refractivity contribution is -0.154. The molecule has 1 atom stereocenters. The molecule has 2 aromatic rings. The highest BCUT2D eigenvalue weighted by Crippen LogP contribution is 2.27. The fraction of sp³-hybridized carbons (Fsp3) is 0.263. The number of carbonyl (C=O) groups is 2. The highest BCUT2D eigenvalue weighted by molar-refractivity contribution is 5.97. The molecule has 0 bridgehead atoms. The van der Waals surface area contributed by atoms with Gasteiger partial charge in [0.15, 0.2) is 6.10 Å². The van der Waals surface area contributed by atoms with Crippen molar-refractivity contribution in [2.24, 2.45) is 0 Å². The normalized spacial score (nSPS) is 17.2. The molecule has 1 N–H and O–H groups in total. The molecule has 6 nitrogen and oxygen atoms in total. The van der Waals surface area contributed by atoms with Crippen LogP contribution in [-0.4, -0.2) is 47.7 Å². The van der Waals surface area contributed by atoms with Crippen LogP contribution in [0.3, 0.4) is 0 Å². The van der Waals surface area contributed by atoms with Crippen LogP contribution in [0, 0.1) is 6.92 Å². The lowest BCUT2D eigenvalue weighted by Gasteiger charge is -2.31. The van der Waals surface area contributed by atoms with E-state index in [9.17, 15) is 9.59 Å². The quantitative estimate of drug-likeness (QED) is 0.925. The molecule has 3 rings (SSSR count). The van der Waals surface area contributed by atoms with Crippen LogP contribution in [0.4, 0.5) is 0 Å². The van der Waals surface area contributed by atoms with Crippen molar-refractivity contribution >= 4 is 11.9 Å². The minimum Gasteiger partial charge on any atom is -0.479 e. The van der Waals surface area contributed by atoms with E-state index >= 15 is 0 Å². The van der Waals surface area contributed by atoms with Crippen molar-refractivity contribution in [1.29, 1.82) is 0 Å². The largest absolute Gasteiger partial charge is 0.479 e. The van der Waals surface area contributed by atoms with E-state index in [1.165, 1.54) is 4.90 Å². The number of rotatable bonds is 4.